The number of cyclic esters (lactones) is 1. The quantitative estimate of drug-likeness (QED) is 0.740. The van der Waals surface area contributed by atoms with Gasteiger partial charge in [-0.1, -0.05) is 18.2 Å². The van der Waals surface area contributed by atoms with Crippen LogP contribution in [0.5, 0.6) is 0 Å². The van der Waals surface area contributed by atoms with Crippen molar-refractivity contribution in [3.05, 3.63) is 60.2 Å². The molecule has 2 aromatic carbocycles. The van der Waals surface area contributed by atoms with Gasteiger partial charge >= 0.3 is 6.09 Å². The molecule has 2 amide bonds. The third-order valence-electron chi connectivity index (χ3n) is 5.71. The standard InChI is InChI=1S/C22H25N3O5S/c26-21(18-6-8-19(9-7-18)25-14-15-30-22(25)27)23-16-17-10-12-24(13-11-17)31(28,29)20-4-2-1-3-5-20/h1-9,17H,10-16H2,(H,23,26). The average molecular weight is 444 g/mol. The molecule has 1 N–H and O–H groups in total. The van der Waals surface area contributed by atoms with Crippen molar-refractivity contribution >= 4 is 27.7 Å². The summed E-state index contributed by atoms with van der Waals surface area (Å²) < 4.78 is 31.9. The second-order valence-electron chi connectivity index (χ2n) is 7.68. The van der Waals surface area contributed by atoms with Crippen LogP contribution >= 0.6 is 0 Å². The van der Waals surface area contributed by atoms with Gasteiger partial charge in [0.1, 0.15) is 6.61 Å². The molecule has 31 heavy (non-hydrogen) atoms. The summed E-state index contributed by atoms with van der Waals surface area (Å²) in [5.74, 6) is 0.0414. The first-order chi connectivity index (χ1) is 14.9. The second-order valence-corrected chi connectivity index (χ2v) is 9.62. The van der Waals surface area contributed by atoms with Crippen molar-refractivity contribution in [3.63, 3.8) is 0 Å². The number of sulfonamides is 1. The van der Waals surface area contributed by atoms with Crippen LogP contribution in [0.25, 0.3) is 0 Å². The van der Waals surface area contributed by atoms with Crippen molar-refractivity contribution in [2.45, 2.75) is 17.7 Å². The average Bonchev–Trinajstić information content (AvgIpc) is 3.24. The molecule has 2 saturated heterocycles. The van der Waals surface area contributed by atoms with E-state index in [4.69, 9.17) is 4.74 Å². The fraction of sp³-hybridized carbons (Fsp3) is 0.364. The summed E-state index contributed by atoms with van der Waals surface area (Å²) in [5.41, 5.74) is 1.21. The van der Waals surface area contributed by atoms with Gasteiger partial charge in [0.2, 0.25) is 10.0 Å². The van der Waals surface area contributed by atoms with Crippen LogP contribution < -0.4 is 10.2 Å². The number of nitrogens with one attached hydrogen (secondary N) is 1. The van der Waals surface area contributed by atoms with Gasteiger partial charge in [-0.2, -0.15) is 4.31 Å². The maximum atomic E-state index is 12.7. The van der Waals surface area contributed by atoms with Gasteiger partial charge in [-0.25, -0.2) is 13.2 Å². The molecule has 2 aliphatic heterocycles. The van der Waals surface area contributed by atoms with Crippen molar-refractivity contribution in [3.8, 4) is 0 Å². The third kappa shape index (κ3) is 4.72. The molecule has 0 spiro atoms. The fourth-order valence-electron chi connectivity index (χ4n) is 3.86. The number of carbonyl (C=O) groups excluding carboxylic acids is 2. The largest absolute Gasteiger partial charge is 0.447 e. The van der Waals surface area contributed by atoms with Crippen LogP contribution in [0, 0.1) is 5.92 Å². The van der Waals surface area contributed by atoms with Gasteiger partial charge in [-0.05, 0) is 55.2 Å². The van der Waals surface area contributed by atoms with Crippen LogP contribution in [-0.4, -0.2) is 57.5 Å². The predicted molar refractivity (Wildman–Crippen MR) is 115 cm³/mol. The summed E-state index contributed by atoms with van der Waals surface area (Å²) in [6.07, 6.45) is 1.02. The van der Waals surface area contributed by atoms with E-state index in [9.17, 15) is 18.0 Å². The number of piperidine rings is 1. The topological polar surface area (TPSA) is 96.0 Å². The summed E-state index contributed by atoms with van der Waals surface area (Å²) in [5, 5.41) is 2.94. The molecule has 0 aliphatic carbocycles. The first-order valence-electron chi connectivity index (χ1n) is 10.3. The van der Waals surface area contributed by atoms with Crippen molar-refractivity contribution in [2.75, 3.05) is 37.7 Å². The number of benzene rings is 2. The fourth-order valence-corrected chi connectivity index (χ4v) is 5.35. The zero-order valence-corrected chi connectivity index (χ0v) is 17.9. The van der Waals surface area contributed by atoms with Crippen LogP contribution in [-0.2, 0) is 14.8 Å². The van der Waals surface area contributed by atoms with Crippen molar-refractivity contribution in [1.82, 2.24) is 9.62 Å². The minimum absolute atomic E-state index is 0.185. The number of carbonyl (C=O) groups is 2. The molecule has 2 aliphatic rings. The zero-order chi connectivity index (χ0) is 21.8. The van der Waals surface area contributed by atoms with E-state index >= 15 is 0 Å². The Kier molecular flexibility index (Phi) is 6.24. The minimum Gasteiger partial charge on any atom is -0.447 e. The Bertz CT molecular complexity index is 1030. The van der Waals surface area contributed by atoms with E-state index in [-0.39, 0.29) is 17.9 Å². The van der Waals surface area contributed by atoms with Crippen LogP contribution in [0.15, 0.2) is 59.5 Å². The van der Waals surface area contributed by atoms with Crippen LogP contribution in [0.2, 0.25) is 0 Å². The summed E-state index contributed by atoms with van der Waals surface area (Å²) in [6, 6.07) is 15.3. The Balaban J connectivity index is 1.27. The Labute approximate surface area is 181 Å². The number of rotatable bonds is 6. The molecule has 0 bridgehead atoms. The van der Waals surface area contributed by atoms with Gasteiger partial charge in [0.15, 0.2) is 0 Å². The minimum atomic E-state index is -3.47. The molecule has 4 rings (SSSR count). The van der Waals surface area contributed by atoms with E-state index in [1.165, 1.54) is 9.21 Å². The lowest BCUT2D eigenvalue weighted by molar-refractivity contribution is 0.0941. The maximum absolute atomic E-state index is 12.7. The third-order valence-corrected chi connectivity index (χ3v) is 7.62. The maximum Gasteiger partial charge on any atom is 0.414 e. The highest BCUT2D eigenvalue weighted by Gasteiger charge is 2.29. The number of anilines is 1. The van der Waals surface area contributed by atoms with Crippen LogP contribution in [0.3, 0.4) is 0 Å². The Morgan fingerprint density at radius 3 is 2.29 bits per heavy atom. The molecule has 9 heteroatoms. The molecule has 2 fully saturated rings. The first kappa shape index (κ1) is 21.3. The van der Waals surface area contributed by atoms with Crippen LogP contribution in [0.1, 0.15) is 23.2 Å². The number of hydrogen-bond donors (Lipinski definition) is 1. The second kappa shape index (κ2) is 9.07. The Morgan fingerprint density at radius 1 is 1.00 bits per heavy atom. The zero-order valence-electron chi connectivity index (χ0n) is 17.1. The molecular weight excluding hydrogens is 418 g/mol. The highest BCUT2D eigenvalue weighted by Crippen LogP contribution is 2.24. The SMILES string of the molecule is O=C(NCC1CCN(S(=O)(=O)c2ccccc2)CC1)c1ccc(N2CCOC2=O)cc1. The highest BCUT2D eigenvalue weighted by atomic mass is 32.2. The summed E-state index contributed by atoms with van der Waals surface area (Å²) in [4.78, 5) is 25.9. The van der Waals surface area contributed by atoms with Crippen molar-refractivity contribution in [2.24, 2.45) is 5.92 Å². The summed E-state index contributed by atoms with van der Waals surface area (Å²) >= 11 is 0. The molecule has 164 valence electrons. The molecule has 0 atom stereocenters. The van der Waals surface area contributed by atoms with Gasteiger partial charge in [0.05, 0.1) is 11.4 Å². The normalized spacial score (nSPS) is 18.1. The monoisotopic (exact) mass is 443 g/mol. The van der Waals surface area contributed by atoms with E-state index < -0.39 is 10.0 Å². The molecule has 0 aromatic heterocycles. The number of nitrogens with zero attached hydrogens (tertiary/aromatic N) is 2. The lowest BCUT2D eigenvalue weighted by Crippen LogP contribution is -2.41. The van der Waals surface area contributed by atoms with E-state index in [1.807, 2.05) is 0 Å². The van der Waals surface area contributed by atoms with Crippen molar-refractivity contribution in [1.29, 1.82) is 0 Å². The highest BCUT2D eigenvalue weighted by molar-refractivity contribution is 7.89. The number of ether oxygens (including phenoxy) is 1. The Morgan fingerprint density at radius 2 is 1.68 bits per heavy atom. The summed E-state index contributed by atoms with van der Waals surface area (Å²) in [6.45, 7) is 2.25. The van der Waals surface area contributed by atoms with Gasteiger partial charge in [-0.3, -0.25) is 9.69 Å². The van der Waals surface area contributed by atoms with Gasteiger partial charge in [-0.15, -0.1) is 0 Å². The van der Waals surface area contributed by atoms with Gasteiger partial charge in [0.25, 0.3) is 5.91 Å². The molecule has 0 radical (unpaired) electrons. The molecule has 8 nitrogen and oxygen atoms in total. The van der Waals surface area contributed by atoms with E-state index in [0.29, 0.717) is 61.8 Å². The van der Waals surface area contributed by atoms with E-state index in [2.05, 4.69) is 5.32 Å². The van der Waals surface area contributed by atoms with Crippen molar-refractivity contribution < 1.29 is 22.7 Å². The van der Waals surface area contributed by atoms with E-state index in [0.717, 1.165) is 0 Å². The number of amides is 2. The molecule has 2 heterocycles. The lowest BCUT2D eigenvalue weighted by Gasteiger charge is -2.31. The smallest absolute Gasteiger partial charge is 0.414 e. The molecular formula is C22H25N3O5S. The van der Waals surface area contributed by atoms with E-state index in [1.54, 1.807) is 54.6 Å². The van der Waals surface area contributed by atoms with Gasteiger partial charge in [0, 0.05) is 30.9 Å². The lowest BCUT2D eigenvalue weighted by atomic mass is 9.98. The molecule has 0 saturated carbocycles. The van der Waals surface area contributed by atoms with Gasteiger partial charge < -0.3 is 10.1 Å². The predicted octanol–water partition coefficient (Wildman–Crippen LogP) is 2.47. The Hall–Kier alpha value is -2.91. The summed E-state index contributed by atoms with van der Waals surface area (Å²) in [7, 11) is -3.47. The molecule has 0 unspecified atom stereocenters. The first-order valence-corrected chi connectivity index (χ1v) is 11.8. The van der Waals surface area contributed by atoms with Crippen LogP contribution in [0.4, 0.5) is 10.5 Å². The number of hydrogen-bond acceptors (Lipinski definition) is 5. The molecule has 2 aromatic rings.